The molecule has 1 aromatic rings. The highest BCUT2D eigenvalue weighted by Crippen LogP contribution is 2.25. The molecule has 0 saturated heterocycles. The Morgan fingerprint density at radius 1 is 1.43 bits per heavy atom. The van der Waals surface area contributed by atoms with E-state index in [-0.39, 0.29) is 17.7 Å². The number of nitrogens with two attached hydrogens (primary N) is 1. The lowest BCUT2D eigenvalue weighted by Gasteiger charge is -2.14. The predicted octanol–water partition coefficient (Wildman–Crippen LogP) is 1.10. The number of hydrogen-bond donors (Lipinski definition) is 3. The van der Waals surface area contributed by atoms with Crippen LogP contribution in [0.25, 0.3) is 0 Å². The van der Waals surface area contributed by atoms with Gasteiger partial charge >= 0.3 is 5.97 Å². The summed E-state index contributed by atoms with van der Waals surface area (Å²) in [4.78, 5) is 21.6. The van der Waals surface area contributed by atoms with Crippen molar-refractivity contribution in [2.45, 2.75) is 23.8 Å². The molecule has 0 unspecified atom stereocenters. The van der Waals surface area contributed by atoms with Crippen LogP contribution in [-0.2, 0) is 19.6 Å². The number of sulfonamides is 1. The van der Waals surface area contributed by atoms with Gasteiger partial charge in [0.15, 0.2) is 0 Å². The van der Waals surface area contributed by atoms with E-state index in [0.29, 0.717) is 9.50 Å². The zero-order valence-corrected chi connectivity index (χ0v) is 13.7. The number of aliphatic carboxylic acids is 1. The van der Waals surface area contributed by atoms with Crippen LogP contribution < -0.4 is 10.5 Å². The number of carbonyl (C=O) groups excluding carboxylic acids is 1. The second kappa shape index (κ2) is 7.21. The standard InChI is InChI=1S/C11H12BrClN2O5S/c12-7-5-6(1-2-8(7)13)21(19,20)15-9(11(17)18)3-4-10(14)16/h1-2,5,9,15H,3-4H2,(H2,14,16)(H,17,18)/t9-/m0/s1. The first-order valence-electron chi connectivity index (χ1n) is 5.62. The first-order valence-corrected chi connectivity index (χ1v) is 8.27. The molecule has 0 aliphatic rings. The zero-order chi connectivity index (χ0) is 16.2. The normalized spacial score (nSPS) is 12.9. The van der Waals surface area contributed by atoms with Gasteiger partial charge in [0.05, 0.1) is 9.92 Å². The number of rotatable bonds is 7. The smallest absolute Gasteiger partial charge is 0.321 e. The molecule has 116 valence electrons. The van der Waals surface area contributed by atoms with Gasteiger partial charge in [0, 0.05) is 10.9 Å². The van der Waals surface area contributed by atoms with E-state index in [1.807, 2.05) is 4.72 Å². The van der Waals surface area contributed by atoms with Crippen molar-refractivity contribution < 1.29 is 23.1 Å². The van der Waals surface area contributed by atoms with Crippen molar-refractivity contribution in [2.24, 2.45) is 5.73 Å². The van der Waals surface area contributed by atoms with E-state index in [4.69, 9.17) is 22.4 Å². The van der Waals surface area contributed by atoms with E-state index in [2.05, 4.69) is 15.9 Å². The van der Waals surface area contributed by atoms with Crippen LogP contribution in [0.5, 0.6) is 0 Å². The molecule has 0 aliphatic heterocycles. The van der Waals surface area contributed by atoms with Gasteiger partial charge < -0.3 is 10.8 Å². The molecule has 1 aromatic carbocycles. The van der Waals surface area contributed by atoms with Gasteiger partial charge in [0.25, 0.3) is 0 Å². The van der Waals surface area contributed by atoms with Gasteiger partial charge in [-0.05, 0) is 40.5 Å². The van der Waals surface area contributed by atoms with Crippen LogP contribution in [0.1, 0.15) is 12.8 Å². The summed E-state index contributed by atoms with van der Waals surface area (Å²) in [6.45, 7) is 0. The maximum absolute atomic E-state index is 12.1. The third-order valence-corrected chi connectivity index (χ3v) is 5.16. The molecule has 0 aromatic heterocycles. The highest BCUT2D eigenvalue weighted by molar-refractivity contribution is 9.10. The molecule has 7 nitrogen and oxygen atoms in total. The summed E-state index contributed by atoms with van der Waals surface area (Å²) in [5.41, 5.74) is 4.92. The third kappa shape index (κ3) is 5.27. The quantitative estimate of drug-likeness (QED) is 0.633. The van der Waals surface area contributed by atoms with Crippen molar-refractivity contribution in [1.82, 2.24) is 4.72 Å². The Bertz CT molecular complexity index is 665. The lowest BCUT2D eigenvalue weighted by atomic mass is 10.2. The Kier molecular flexibility index (Phi) is 6.14. The van der Waals surface area contributed by atoms with Crippen LogP contribution >= 0.6 is 27.5 Å². The molecule has 4 N–H and O–H groups in total. The van der Waals surface area contributed by atoms with Gasteiger partial charge in [-0.1, -0.05) is 11.6 Å². The van der Waals surface area contributed by atoms with Crippen molar-refractivity contribution in [1.29, 1.82) is 0 Å². The molecule has 0 fully saturated rings. The molecule has 1 atom stereocenters. The summed E-state index contributed by atoms with van der Waals surface area (Å²) >= 11 is 8.85. The van der Waals surface area contributed by atoms with Crippen molar-refractivity contribution in [2.75, 3.05) is 0 Å². The highest BCUT2D eigenvalue weighted by atomic mass is 79.9. The third-order valence-electron chi connectivity index (χ3n) is 2.48. The first-order chi connectivity index (χ1) is 9.63. The SMILES string of the molecule is NC(=O)CC[C@H](NS(=O)(=O)c1ccc(Cl)c(Br)c1)C(=O)O. The number of nitrogens with one attached hydrogen (secondary N) is 1. The van der Waals surface area contributed by atoms with Crippen LogP contribution in [0, 0.1) is 0 Å². The van der Waals surface area contributed by atoms with Crippen LogP contribution in [0.3, 0.4) is 0 Å². The molecule has 0 spiro atoms. The predicted molar refractivity (Wildman–Crippen MR) is 79.3 cm³/mol. The van der Waals surface area contributed by atoms with Crippen molar-refractivity contribution in [3.8, 4) is 0 Å². The van der Waals surface area contributed by atoms with Gasteiger partial charge in [-0.2, -0.15) is 4.72 Å². The number of carboxylic acids is 1. The molecule has 10 heteroatoms. The summed E-state index contributed by atoms with van der Waals surface area (Å²) in [5, 5.41) is 9.30. The highest BCUT2D eigenvalue weighted by Gasteiger charge is 2.26. The van der Waals surface area contributed by atoms with Gasteiger partial charge in [-0.15, -0.1) is 0 Å². The first kappa shape index (κ1) is 17.9. The maximum atomic E-state index is 12.1. The van der Waals surface area contributed by atoms with Crippen molar-refractivity contribution in [3.05, 3.63) is 27.7 Å². The van der Waals surface area contributed by atoms with Crippen LogP contribution in [0.2, 0.25) is 5.02 Å². The van der Waals surface area contributed by atoms with E-state index < -0.39 is 27.9 Å². The molecule has 21 heavy (non-hydrogen) atoms. The van der Waals surface area contributed by atoms with E-state index in [9.17, 15) is 18.0 Å². The van der Waals surface area contributed by atoms with Crippen LogP contribution in [0.4, 0.5) is 0 Å². The summed E-state index contributed by atoms with van der Waals surface area (Å²) in [6, 6.07) is 2.40. The fraction of sp³-hybridized carbons (Fsp3) is 0.273. The molecule has 1 amide bonds. The molecule has 1 rings (SSSR count). The maximum Gasteiger partial charge on any atom is 0.321 e. The Morgan fingerprint density at radius 3 is 2.52 bits per heavy atom. The summed E-state index contributed by atoms with van der Waals surface area (Å²) in [7, 11) is -4.06. The molecule has 0 heterocycles. The van der Waals surface area contributed by atoms with Crippen LogP contribution in [0.15, 0.2) is 27.6 Å². The van der Waals surface area contributed by atoms with Gasteiger partial charge in [0.1, 0.15) is 6.04 Å². The molecule has 0 saturated carbocycles. The van der Waals surface area contributed by atoms with E-state index >= 15 is 0 Å². The van der Waals surface area contributed by atoms with Gasteiger partial charge in [-0.3, -0.25) is 9.59 Å². The largest absolute Gasteiger partial charge is 0.480 e. The molecule has 0 aliphatic carbocycles. The number of amides is 1. The van der Waals surface area contributed by atoms with E-state index in [1.54, 1.807) is 0 Å². The lowest BCUT2D eigenvalue weighted by Crippen LogP contribution is -2.41. The number of carbonyl (C=O) groups is 2. The zero-order valence-electron chi connectivity index (χ0n) is 10.5. The fourth-order valence-corrected chi connectivity index (χ4v) is 3.32. The Balaban J connectivity index is 2.97. The van der Waals surface area contributed by atoms with Gasteiger partial charge in [-0.25, -0.2) is 8.42 Å². The number of benzene rings is 1. The average Bonchev–Trinajstić information content (AvgIpc) is 2.37. The Morgan fingerprint density at radius 2 is 2.05 bits per heavy atom. The second-order valence-electron chi connectivity index (χ2n) is 4.09. The fourth-order valence-electron chi connectivity index (χ4n) is 1.42. The van der Waals surface area contributed by atoms with Gasteiger partial charge in [0.2, 0.25) is 15.9 Å². The average molecular weight is 400 g/mol. The summed E-state index contributed by atoms with van der Waals surface area (Å²) in [5.74, 6) is -2.11. The van der Waals surface area contributed by atoms with Crippen molar-refractivity contribution in [3.63, 3.8) is 0 Å². The number of halogens is 2. The van der Waals surface area contributed by atoms with E-state index in [0.717, 1.165) is 0 Å². The minimum atomic E-state index is -4.06. The second-order valence-corrected chi connectivity index (χ2v) is 7.07. The van der Waals surface area contributed by atoms with Crippen molar-refractivity contribution >= 4 is 49.4 Å². The molecule has 0 bridgehead atoms. The minimum Gasteiger partial charge on any atom is -0.480 e. The number of primary amides is 1. The summed E-state index contributed by atoms with van der Waals surface area (Å²) < 4.78 is 26.6. The lowest BCUT2D eigenvalue weighted by molar-refractivity contribution is -0.139. The van der Waals surface area contributed by atoms with Crippen LogP contribution in [-0.4, -0.2) is 31.4 Å². The summed E-state index contributed by atoms with van der Waals surface area (Å²) in [6.07, 6.45) is -0.484. The Hall–Kier alpha value is -1.16. The topological polar surface area (TPSA) is 127 Å². The monoisotopic (exact) mass is 398 g/mol. The number of hydrogen-bond acceptors (Lipinski definition) is 4. The molecular formula is C11H12BrClN2O5S. The molecule has 0 radical (unpaired) electrons. The Labute approximate surface area is 134 Å². The molecular weight excluding hydrogens is 388 g/mol. The minimum absolute atomic E-state index is 0.149. The van der Waals surface area contributed by atoms with E-state index in [1.165, 1.54) is 18.2 Å². The number of carboxylic acid groups (broad SMARTS) is 1.